The lowest BCUT2D eigenvalue weighted by atomic mass is 10.2. The van der Waals surface area contributed by atoms with Gasteiger partial charge in [0.1, 0.15) is 0 Å². The van der Waals surface area contributed by atoms with Gasteiger partial charge in [-0.3, -0.25) is 4.79 Å². The summed E-state index contributed by atoms with van der Waals surface area (Å²) in [5.74, 6) is -2.42. The van der Waals surface area contributed by atoms with Crippen LogP contribution in [0, 0.1) is 18.6 Å². The third-order valence-electron chi connectivity index (χ3n) is 2.89. The summed E-state index contributed by atoms with van der Waals surface area (Å²) in [6.45, 7) is 1.85. The second-order valence-electron chi connectivity index (χ2n) is 4.85. The minimum absolute atomic E-state index is 0.101. The summed E-state index contributed by atoms with van der Waals surface area (Å²) < 4.78 is 25.8. The average Bonchev–Trinajstić information content (AvgIpc) is 2.49. The highest BCUT2D eigenvalue weighted by Crippen LogP contribution is 2.13. The third-order valence-corrected chi connectivity index (χ3v) is 3.14. The van der Waals surface area contributed by atoms with E-state index in [1.807, 2.05) is 31.2 Å². The van der Waals surface area contributed by atoms with Gasteiger partial charge in [-0.15, -0.1) is 0 Å². The van der Waals surface area contributed by atoms with Gasteiger partial charge in [-0.1, -0.05) is 12.1 Å². The number of thiocarbonyl (C=S) groups is 1. The number of carbonyl (C=O) groups is 1. The summed E-state index contributed by atoms with van der Waals surface area (Å²) in [4.78, 5) is 11.7. The second kappa shape index (κ2) is 7.64. The molecule has 1 amide bonds. The highest BCUT2D eigenvalue weighted by molar-refractivity contribution is 7.80. The molecule has 0 saturated heterocycles. The zero-order valence-electron chi connectivity index (χ0n) is 12.3. The van der Waals surface area contributed by atoms with Crippen molar-refractivity contribution < 1.29 is 13.6 Å². The molecule has 120 valence electrons. The maximum absolute atomic E-state index is 13.0. The van der Waals surface area contributed by atoms with Crippen LogP contribution in [0.4, 0.5) is 20.2 Å². The summed E-state index contributed by atoms with van der Waals surface area (Å²) in [6, 6.07) is 10.7. The van der Waals surface area contributed by atoms with E-state index >= 15 is 0 Å². The van der Waals surface area contributed by atoms with Crippen molar-refractivity contribution in [2.45, 2.75) is 6.92 Å². The number of benzene rings is 2. The first-order chi connectivity index (χ1) is 10.9. The minimum atomic E-state index is -1.02. The van der Waals surface area contributed by atoms with Crippen LogP contribution in [-0.2, 0) is 4.79 Å². The number of hydrogen-bond acceptors (Lipinski definition) is 2. The van der Waals surface area contributed by atoms with E-state index in [-0.39, 0.29) is 17.3 Å². The van der Waals surface area contributed by atoms with Gasteiger partial charge >= 0.3 is 0 Å². The Morgan fingerprint density at radius 2 is 1.78 bits per heavy atom. The van der Waals surface area contributed by atoms with E-state index < -0.39 is 17.5 Å². The number of carbonyl (C=O) groups excluding carboxylic acids is 1. The van der Waals surface area contributed by atoms with Crippen molar-refractivity contribution in [2.24, 2.45) is 0 Å². The van der Waals surface area contributed by atoms with Gasteiger partial charge in [-0.05, 0) is 49.0 Å². The van der Waals surface area contributed by atoms with Crippen molar-refractivity contribution in [2.75, 3.05) is 17.2 Å². The number of aryl methyl sites for hydroxylation is 1. The molecule has 3 N–H and O–H groups in total. The van der Waals surface area contributed by atoms with Crippen LogP contribution in [0.5, 0.6) is 0 Å². The molecule has 7 heteroatoms. The van der Waals surface area contributed by atoms with Crippen molar-refractivity contribution >= 4 is 34.6 Å². The summed E-state index contributed by atoms with van der Waals surface area (Å²) in [7, 11) is 0. The fraction of sp³-hybridized carbons (Fsp3) is 0.125. The van der Waals surface area contributed by atoms with Crippen LogP contribution in [0.25, 0.3) is 0 Å². The van der Waals surface area contributed by atoms with Crippen molar-refractivity contribution in [3.63, 3.8) is 0 Å². The smallest absolute Gasteiger partial charge is 0.243 e. The third kappa shape index (κ3) is 5.30. The maximum Gasteiger partial charge on any atom is 0.243 e. The highest BCUT2D eigenvalue weighted by atomic mass is 32.1. The molecule has 0 saturated carbocycles. The van der Waals surface area contributed by atoms with Crippen LogP contribution >= 0.6 is 12.2 Å². The highest BCUT2D eigenvalue weighted by Gasteiger charge is 2.07. The maximum atomic E-state index is 13.0. The molecule has 0 unspecified atom stereocenters. The van der Waals surface area contributed by atoms with Crippen LogP contribution in [0.1, 0.15) is 5.56 Å². The standard InChI is InChI=1S/C16H15F2N3OS/c1-10-3-2-4-11(7-10)21-16(23)19-9-15(22)20-12-5-6-13(17)14(18)8-12/h2-8H,9H2,1H3,(H,20,22)(H2,19,21,23). The molecule has 2 aromatic carbocycles. The minimum Gasteiger partial charge on any atom is -0.353 e. The van der Waals surface area contributed by atoms with E-state index in [0.717, 1.165) is 23.4 Å². The first kappa shape index (κ1) is 16.8. The molecular formula is C16H15F2N3OS. The molecule has 0 aliphatic heterocycles. The largest absolute Gasteiger partial charge is 0.353 e. The number of hydrogen-bond donors (Lipinski definition) is 3. The Morgan fingerprint density at radius 1 is 1.04 bits per heavy atom. The number of amides is 1. The van der Waals surface area contributed by atoms with Crippen molar-refractivity contribution in [1.29, 1.82) is 0 Å². The van der Waals surface area contributed by atoms with Gasteiger partial charge in [0.15, 0.2) is 16.7 Å². The molecule has 0 bridgehead atoms. The molecule has 0 aliphatic carbocycles. The Labute approximate surface area is 137 Å². The molecular weight excluding hydrogens is 320 g/mol. The van der Waals surface area contributed by atoms with Gasteiger partial charge in [0.2, 0.25) is 5.91 Å². The monoisotopic (exact) mass is 335 g/mol. The lowest BCUT2D eigenvalue weighted by Gasteiger charge is -2.11. The normalized spacial score (nSPS) is 10.0. The lowest BCUT2D eigenvalue weighted by molar-refractivity contribution is -0.115. The van der Waals surface area contributed by atoms with Gasteiger partial charge < -0.3 is 16.0 Å². The molecule has 23 heavy (non-hydrogen) atoms. The molecule has 0 radical (unpaired) electrons. The van der Waals surface area contributed by atoms with E-state index in [1.165, 1.54) is 6.07 Å². The molecule has 0 fully saturated rings. The molecule has 0 aliphatic rings. The molecule has 0 aromatic heterocycles. The number of anilines is 2. The van der Waals surface area contributed by atoms with Gasteiger partial charge in [-0.25, -0.2) is 8.78 Å². The van der Waals surface area contributed by atoms with E-state index in [2.05, 4.69) is 16.0 Å². The number of nitrogens with one attached hydrogen (secondary N) is 3. The van der Waals surface area contributed by atoms with E-state index in [1.54, 1.807) is 0 Å². The van der Waals surface area contributed by atoms with Crippen molar-refractivity contribution in [3.8, 4) is 0 Å². The topological polar surface area (TPSA) is 53.2 Å². The van der Waals surface area contributed by atoms with E-state index in [9.17, 15) is 13.6 Å². The lowest BCUT2D eigenvalue weighted by Crippen LogP contribution is -2.35. The van der Waals surface area contributed by atoms with Crippen molar-refractivity contribution in [3.05, 3.63) is 59.7 Å². The molecule has 0 spiro atoms. The van der Waals surface area contributed by atoms with E-state index in [4.69, 9.17) is 12.2 Å². The Kier molecular flexibility index (Phi) is 5.59. The first-order valence-corrected chi connectivity index (χ1v) is 7.21. The predicted molar refractivity (Wildman–Crippen MR) is 90.4 cm³/mol. The summed E-state index contributed by atoms with van der Waals surface area (Å²) in [5.41, 5.74) is 2.06. The van der Waals surface area contributed by atoms with Gasteiger partial charge in [-0.2, -0.15) is 0 Å². The van der Waals surface area contributed by atoms with Crippen LogP contribution in [-0.4, -0.2) is 17.6 Å². The summed E-state index contributed by atoms with van der Waals surface area (Å²) in [6.07, 6.45) is 0. The molecule has 0 atom stereocenters. The number of halogens is 2. The van der Waals surface area contributed by atoms with Gasteiger partial charge in [0.05, 0.1) is 6.54 Å². The first-order valence-electron chi connectivity index (χ1n) is 6.80. The van der Waals surface area contributed by atoms with Gasteiger partial charge in [0, 0.05) is 17.4 Å². The fourth-order valence-electron chi connectivity index (χ4n) is 1.84. The Balaban J connectivity index is 1.81. The Morgan fingerprint density at radius 3 is 2.48 bits per heavy atom. The summed E-state index contributed by atoms with van der Waals surface area (Å²) >= 11 is 5.09. The Bertz CT molecular complexity index is 737. The predicted octanol–water partition coefficient (Wildman–Crippen LogP) is 3.20. The fourth-order valence-corrected chi connectivity index (χ4v) is 2.03. The van der Waals surface area contributed by atoms with Crippen molar-refractivity contribution in [1.82, 2.24) is 5.32 Å². The molecule has 4 nitrogen and oxygen atoms in total. The van der Waals surface area contributed by atoms with Crippen LogP contribution in [0.15, 0.2) is 42.5 Å². The zero-order chi connectivity index (χ0) is 16.8. The molecule has 2 aromatic rings. The Hall–Kier alpha value is -2.54. The number of rotatable bonds is 4. The average molecular weight is 335 g/mol. The second-order valence-corrected chi connectivity index (χ2v) is 5.26. The SMILES string of the molecule is Cc1cccc(NC(=S)NCC(=O)Nc2ccc(F)c(F)c2)c1. The molecule has 0 heterocycles. The summed E-state index contributed by atoms with van der Waals surface area (Å²) in [5, 5.41) is 8.42. The van der Waals surface area contributed by atoms with Crippen LogP contribution in [0.2, 0.25) is 0 Å². The molecule has 2 rings (SSSR count). The zero-order valence-corrected chi connectivity index (χ0v) is 13.1. The quantitative estimate of drug-likeness (QED) is 0.751. The van der Waals surface area contributed by atoms with E-state index in [0.29, 0.717) is 0 Å². The van der Waals surface area contributed by atoms with Gasteiger partial charge in [0.25, 0.3) is 0 Å². The van der Waals surface area contributed by atoms with Crippen LogP contribution < -0.4 is 16.0 Å². The van der Waals surface area contributed by atoms with Crippen LogP contribution in [0.3, 0.4) is 0 Å².